The Morgan fingerprint density at radius 1 is 1.47 bits per heavy atom. The summed E-state index contributed by atoms with van der Waals surface area (Å²) in [5.74, 6) is -2.80. The Morgan fingerprint density at radius 2 is 2.21 bits per heavy atom. The molecule has 4 nitrogen and oxygen atoms in total. The number of amides is 1. The Bertz CT molecular complexity index is 455. The minimum absolute atomic E-state index is 0.327. The van der Waals surface area contributed by atoms with Crippen molar-refractivity contribution in [3.63, 3.8) is 0 Å². The average molecular weight is 269 g/mol. The van der Waals surface area contributed by atoms with Gasteiger partial charge in [-0.15, -0.1) is 0 Å². The topological polar surface area (TPSA) is 54.0 Å². The van der Waals surface area contributed by atoms with Crippen molar-refractivity contribution >= 4 is 11.7 Å². The van der Waals surface area contributed by atoms with Gasteiger partial charge in [0.15, 0.2) is 0 Å². The zero-order chi connectivity index (χ0) is 14.3. The van der Waals surface area contributed by atoms with Gasteiger partial charge in [-0.25, -0.2) is 13.8 Å². The van der Waals surface area contributed by atoms with E-state index in [0.717, 1.165) is 18.6 Å². The van der Waals surface area contributed by atoms with Gasteiger partial charge >= 0.3 is 0 Å². The Balaban J connectivity index is 2.24. The molecule has 2 N–H and O–H groups in total. The Hall–Kier alpha value is -1.98. The van der Waals surface area contributed by atoms with Crippen LogP contribution in [0.1, 0.15) is 12.5 Å². The number of nitrogens with zero attached hydrogens (tertiary/aromatic N) is 1. The van der Waals surface area contributed by atoms with E-state index in [1.807, 2.05) is 19.1 Å². The molecule has 19 heavy (non-hydrogen) atoms. The summed E-state index contributed by atoms with van der Waals surface area (Å²) in [6.45, 7) is 3.47. The number of alkyl halides is 2. The number of anilines is 1. The molecule has 1 rings (SSSR count). The van der Waals surface area contributed by atoms with Crippen LogP contribution in [0.3, 0.4) is 0 Å². The van der Waals surface area contributed by atoms with Gasteiger partial charge < -0.3 is 10.6 Å². The molecule has 0 aliphatic heterocycles. The van der Waals surface area contributed by atoms with Crippen LogP contribution in [-0.2, 0) is 4.79 Å². The molecule has 0 atom stereocenters. The predicted molar refractivity (Wildman–Crippen MR) is 70.2 cm³/mol. The number of nitrogens with one attached hydrogen (secondary N) is 2. The van der Waals surface area contributed by atoms with Gasteiger partial charge in [0.25, 0.3) is 5.92 Å². The van der Waals surface area contributed by atoms with Gasteiger partial charge in [0, 0.05) is 32.3 Å². The molecule has 0 radical (unpaired) electrons. The first-order chi connectivity index (χ1) is 8.87. The maximum atomic E-state index is 12.4. The third-order valence-corrected chi connectivity index (χ3v) is 2.17. The maximum absolute atomic E-state index is 12.4. The fraction of sp³-hybridized carbons (Fsp3) is 0.385. The van der Waals surface area contributed by atoms with Crippen LogP contribution in [0.2, 0.25) is 0 Å². The van der Waals surface area contributed by atoms with Crippen LogP contribution in [0.4, 0.5) is 14.6 Å². The largest absolute Gasteiger partial charge is 0.368 e. The summed E-state index contributed by atoms with van der Waals surface area (Å²) in [6.07, 6.45) is 3.09. The van der Waals surface area contributed by atoms with Crippen molar-refractivity contribution in [2.24, 2.45) is 0 Å². The predicted octanol–water partition coefficient (Wildman–Crippen LogP) is 2.13. The molecule has 6 heteroatoms. The number of aryl methyl sites for hydroxylation is 1. The van der Waals surface area contributed by atoms with Crippen molar-refractivity contribution in [2.75, 3.05) is 18.4 Å². The minimum Gasteiger partial charge on any atom is -0.368 e. The van der Waals surface area contributed by atoms with Crippen LogP contribution in [-0.4, -0.2) is 29.9 Å². The number of pyridine rings is 1. The van der Waals surface area contributed by atoms with E-state index in [1.165, 1.54) is 0 Å². The molecule has 1 heterocycles. The van der Waals surface area contributed by atoms with E-state index in [1.54, 1.807) is 6.20 Å². The summed E-state index contributed by atoms with van der Waals surface area (Å²) in [7, 11) is 0. The van der Waals surface area contributed by atoms with Gasteiger partial charge in [0.2, 0.25) is 5.91 Å². The number of hydrogen-bond donors (Lipinski definition) is 2. The first-order valence-electron chi connectivity index (χ1n) is 5.88. The van der Waals surface area contributed by atoms with Gasteiger partial charge in [-0.2, -0.15) is 0 Å². The molecule has 0 bridgehead atoms. The molecule has 0 saturated heterocycles. The molecule has 0 aliphatic carbocycles. The standard InChI is InChI=1S/C13H17F2N3O/c1-10-4-6-16-11(9-10)17-7-8-18-12(19)3-5-13(2,14)15/h3-6,9H,7-8H2,1-2H3,(H,16,17)(H,18,19)/b5-3+. The fourth-order valence-electron chi connectivity index (χ4n) is 1.29. The molecule has 1 aromatic heterocycles. The lowest BCUT2D eigenvalue weighted by Crippen LogP contribution is -2.27. The summed E-state index contributed by atoms with van der Waals surface area (Å²) in [4.78, 5) is 15.3. The summed E-state index contributed by atoms with van der Waals surface area (Å²) < 4.78 is 24.9. The van der Waals surface area contributed by atoms with Crippen LogP contribution in [0.5, 0.6) is 0 Å². The molecule has 104 valence electrons. The van der Waals surface area contributed by atoms with Crippen molar-refractivity contribution in [1.82, 2.24) is 10.3 Å². The Morgan fingerprint density at radius 3 is 2.84 bits per heavy atom. The van der Waals surface area contributed by atoms with Crippen LogP contribution < -0.4 is 10.6 Å². The van der Waals surface area contributed by atoms with Crippen molar-refractivity contribution in [3.8, 4) is 0 Å². The SMILES string of the molecule is Cc1ccnc(NCCNC(=O)/C=C/C(C)(F)F)c1. The van der Waals surface area contributed by atoms with Crippen LogP contribution in [0.25, 0.3) is 0 Å². The summed E-state index contributed by atoms with van der Waals surface area (Å²) >= 11 is 0. The number of allylic oxidation sites excluding steroid dienone is 1. The maximum Gasteiger partial charge on any atom is 0.264 e. The molecule has 0 aliphatic rings. The number of halogens is 2. The van der Waals surface area contributed by atoms with Crippen molar-refractivity contribution in [3.05, 3.63) is 36.0 Å². The molecular weight excluding hydrogens is 252 g/mol. The molecule has 1 amide bonds. The van der Waals surface area contributed by atoms with Crippen LogP contribution in [0.15, 0.2) is 30.5 Å². The third-order valence-electron chi connectivity index (χ3n) is 2.17. The number of carbonyl (C=O) groups excluding carboxylic acids is 1. The first kappa shape index (κ1) is 15.1. The lowest BCUT2D eigenvalue weighted by Gasteiger charge is -2.07. The zero-order valence-corrected chi connectivity index (χ0v) is 10.9. The van der Waals surface area contributed by atoms with Gasteiger partial charge in [0.05, 0.1) is 0 Å². The van der Waals surface area contributed by atoms with Crippen molar-refractivity contribution < 1.29 is 13.6 Å². The van der Waals surface area contributed by atoms with E-state index < -0.39 is 11.8 Å². The smallest absolute Gasteiger partial charge is 0.264 e. The van der Waals surface area contributed by atoms with E-state index in [-0.39, 0.29) is 0 Å². The number of rotatable bonds is 6. The van der Waals surface area contributed by atoms with E-state index in [0.29, 0.717) is 25.0 Å². The average Bonchev–Trinajstić information content (AvgIpc) is 2.31. The van der Waals surface area contributed by atoms with Crippen LogP contribution in [0, 0.1) is 6.92 Å². The summed E-state index contributed by atoms with van der Waals surface area (Å²) in [6, 6.07) is 3.75. The number of carbonyl (C=O) groups is 1. The highest BCUT2D eigenvalue weighted by atomic mass is 19.3. The van der Waals surface area contributed by atoms with E-state index in [9.17, 15) is 13.6 Å². The highest BCUT2D eigenvalue weighted by Gasteiger charge is 2.15. The molecule has 0 aromatic carbocycles. The Labute approximate surface area is 110 Å². The number of aromatic nitrogens is 1. The monoisotopic (exact) mass is 269 g/mol. The zero-order valence-electron chi connectivity index (χ0n) is 10.9. The van der Waals surface area contributed by atoms with Gasteiger partial charge in [-0.3, -0.25) is 4.79 Å². The summed E-state index contributed by atoms with van der Waals surface area (Å²) in [5, 5.41) is 5.51. The fourth-order valence-corrected chi connectivity index (χ4v) is 1.29. The second kappa shape index (κ2) is 6.82. The molecule has 1 aromatic rings. The summed E-state index contributed by atoms with van der Waals surface area (Å²) in [5.41, 5.74) is 1.08. The van der Waals surface area contributed by atoms with Crippen molar-refractivity contribution in [2.45, 2.75) is 19.8 Å². The highest BCUT2D eigenvalue weighted by molar-refractivity contribution is 5.87. The van der Waals surface area contributed by atoms with Gasteiger partial charge in [-0.1, -0.05) is 0 Å². The molecule has 0 unspecified atom stereocenters. The quantitative estimate of drug-likeness (QED) is 0.614. The second-order valence-corrected chi connectivity index (χ2v) is 4.23. The normalized spacial score (nSPS) is 11.6. The van der Waals surface area contributed by atoms with Crippen LogP contribution >= 0.6 is 0 Å². The Kier molecular flexibility index (Phi) is 5.41. The van der Waals surface area contributed by atoms with E-state index in [4.69, 9.17) is 0 Å². The first-order valence-corrected chi connectivity index (χ1v) is 5.88. The molecular formula is C13H17F2N3O. The van der Waals surface area contributed by atoms with E-state index >= 15 is 0 Å². The molecule has 0 fully saturated rings. The third kappa shape index (κ3) is 7.13. The molecule has 0 spiro atoms. The highest BCUT2D eigenvalue weighted by Crippen LogP contribution is 2.12. The van der Waals surface area contributed by atoms with Crippen molar-refractivity contribution in [1.29, 1.82) is 0 Å². The second-order valence-electron chi connectivity index (χ2n) is 4.23. The minimum atomic E-state index is -2.97. The lowest BCUT2D eigenvalue weighted by molar-refractivity contribution is -0.116. The molecule has 0 saturated carbocycles. The number of hydrogen-bond acceptors (Lipinski definition) is 3. The van der Waals surface area contributed by atoms with E-state index in [2.05, 4.69) is 15.6 Å². The van der Waals surface area contributed by atoms with Gasteiger partial charge in [0.1, 0.15) is 5.82 Å². The lowest BCUT2D eigenvalue weighted by atomic mass is 10.3. The van der Waals surface area contributed by atoms with Gasteiger partial charge in [-0.05, 0) is 30.7 Å².